The normalized spacial score (nSPS) is 13.1. The largest absolute Gasteiger partial charge is 0.305 e. The highest BCUT2D eigenvalue weighted by atomic mass is 35.5. The molecule has 3 aromatic rings. The number of hydrogen-bond acceptors (Lipinski definition) is 3. The predicted molar refractivity (Wildman–Crippen MR) is 88.5 cm³/mol. The number of aromatic nitrogens is 4. The summed E-state index contributed by atoms with van der Waals surface area (Å²) in [7, 11) is 0. The fourth-order valence-electron chi connectivity index (χ4n) is 2.78. The molecule has 0 aliphatic carbocycles. The Kier molecular flexibility index (Phi) is 4.04. The summed E-state index contributed by atoms with van der Waals surface area (Å²) < 4.78 is 4.34. The van der Waals surface area contributed by atoms with Crippen LogP contribution in [0.25, 0.3) is 11.2 Å². The molecule has 3 rings (SSSR count). The Hall–Kier alpha value is -1.33. The number of imidazole rings is 1. The minimum Gasteiger partial charge on any atom is -0.305 e. The SMILES string of the molecule is CCn1nc(C)c2nc(CCCl)n(C(C)c3cccs3)c21. The number of fused-ring (bicyclic) bond motifs is 1. The molecular formula is C15H19ClN4S. The highest BCUT2D eigenvalue weighted by molar-refractivity contribution is 7.10. The van der Waals surface area contributed by atoms with Crippen LogP contribution in [-0.4, -0.2) is 25.2 Å². The van der Waals surface area contributed by atoms with E-state index in [0.717, 1.165) is 35.6 Å². The van der Waals surface area contributed by atoms with Gasteiger partial charge >= 0.3 is 0 Å². The molecule has 0 saturated heterocycles. The fourth-order valence-corrected chi connectivity index (χ4v) is 3.72. The number of hydrogen-bond donors (Lipinski definition) is 0. The molecule has 1 atom stereocenters. The van der Waals surface area contributed by atoms with Crippen molar-refractivity contribution in [2.75, 3.05) is 5.88 Å². The van der Waals surface area contributed by atoms with Crippen LogP contribution in [0, 0.1) is 6.92 Å². The lowest BCUT2D eigenvalue weighted by molar-refractivity contribution is 0.587. The van der Waals surface area contributed by atoms with Gasteiger partial charge in [0, 0.05) is 23.7 Å². The van der Waals surface area contributed by atoms with Gasteiger partial charge in [0.15, 0.2) is 5.65 Å². The van der Waals surface area contributed by atoms with E-state index >= 15 is 0 Å². The maximum atomic E-state index is 5.97. The van der Waals surface area contributed by atoms with Crippen molar-refractivity contribution in [2.45, 2.75) is 39.8 Å². The number of halogens is 1. The molecule has 0 bridgehead atoms. The molecule has 0 aromatic carbocycles. The van der Waals surface area contributed by atoms with Crippen LogP contribution in [0.1, 0.15) is 36.3 Å². The van der Waals surface area contributed by atoms with E-state index < -0.39 is 0 Å². The van der Waals surface area contributed by atoms with E-state index in [1.807, 2.05) is 11.6 Å². The second-order valence-corrected chi connectivity index (χ2v) is 6.46. The zero-order valence-electron chi connectivity index (χ0n) is 12.5. The summed E-state index contributed by atoms with van der Waals surface area (Å²) in [4.78, 5) is 6.13. The second-order valence-electron chi connectivity index (χ2n) is 5.10. The molecule has 112 valence electrons. The average molecular weight is 323 g/mol. The van der Waals surface area contributed by atoms with Gasteiger partial charge in [0.2, 0.25) is 0 Å². The van der Waals surface area contributed by atoms with Crippen LogP contribution in [-0.2, 0) is 13.0 Å². The van der Waals surface area contributed by atoms with Gasteiger partial charge in [-0.05, 0) is 32.2 Å². The molecule has 0 aliphatic heterocycles. The van der Waals surface area contributed by atoms with E-state index in [1.165, 1.54) is 4.88 Å². The van der Waals surface area contributed by atoms with Crippen LogP contribution in [0.15, 0.2) is 17.5 Å². The minimum atomic E-state index is 0.245. The lowest BCUT2D eigenvalue weighted by Crippen LogP contribution is -2.13. The third kappa shape index (κ3) is 2.38. The molecule has 6 heteroatoms. The number of rotatable bonds is 5. The van der Waals surface area contributed by atoms with Crippen molar-refractivity contribution in [3.8, 4) is 0 Å². The van der Waals surface area contributed by atoms with Crippen molar-refractivity contribution >= 4 is 34.1 Å². The first-order valence-electron chi connectivity index (χ1n) is 7.21. The first-order chi connectivity index (χ1) is 10.2. The Morgan fingerprint density at radius 2 is 2.24 bits per heavy atom. The second kappa shape index (κ2) is 5.81. The molecular weight excluding hydrogens is 304 g/mol. The molecule has 0 aliphatic rings. The monoisotopic (exact) mass is 322 g/mol. The zero-order valence-corrected chi connectivity index (χ0v) is 14.1. The minimum absolute atomic E-state index is 0.245. The predicted octanol–water partition coefficient (Wildman–Crippen LogP) is 4.01. The smallest absolute Gasteiger partial charge is 0.159 e. The van der Waals surface area contributed by atoms with E-state index in [4.69, 9.17) is 16.6 Å². The molecule has 3 heterocycles. The van der Waals surface area contributed by atoms with Crippen molar-refractivity contribution < 1.29 is 0 Å². The first-order valence-corrected chi connectivity index (χ1v) is 8.62. The van der Waals surface area contributed by atoms with E-state index in [1.54, 1.807) is 11.3 Å². The van der Waals surface area contributed by atoms with Crippen LogP contribution in [0.3, 0.4) is 0 Å². The van der Waals surface area contributed by atoms with Crippen LogP contribution >= 0.6 is 22.9 Å². The topological polar surface area (TPSA) is 35.6 Å². The van der Waals surface area contributed by atoms with Gasteiger partial charge in [0.05, 0.1) is 11.7 Å². The van der Waals surface area contributed by atoms with Crippen LogP contribution in [0.2, 0.25) is 0 Å². The van der Waals surface area contributed by atoms with Gasteiger partial charge in [0.1, 0.15) is 11.3 Å². The zero-order chi connectivity index (χ0) is 15.0. The summed E-state index contributed by atoms with van der Waals surface area (Å²) in [5.74, 6) is 1.62. The highest BCUT2D eigenvalue weighted by Crippen LogP contribution is 2.30. The summed E-state index contributed by atoms with van der Waals surface area (Å²) >= 11 is 7.75. The Labute approximate surface area is 133 Å². The molecule has 0 N–H and O–H groups in total. The Bertz CT molecular complexity index is 741. The van der Waals surface area contributed by atoms with Crippen LogP contribution in [0.5, 0.6) is 0 Å². The van der Waals surface area contributed by atoms with Gasteiger partial charge in [0.25, 0.3) is 0 Å². The fraction of sp³-hybridized carbons (Fsp3) is 0.467. The summed E-state index contributed by atoms with van der Waals surface area (Å²) in [6, 6.07) is 4.51. The maximum absolute atomic E-state index is 5.97. The molecule has 4 nitrogen and oxygen atoms in total. The number of aryl methyl sites for hydroxylation is 3. The molecule has 0 spiro atoms. The van der Waals surface area contributed by atoms with Gasteiger partial charge < -0.3 is 4.57 Å². The summed E-state index contributed by atoms with van der Waals surface area (Å²) in [6.45, 7) is 7.19. The quantitative estimate of drug-likeness (QED) is 0.665. The molecule has 3 aromatic heterocycles. The molecule has 0 amide bonds. The van der Waals surface area contributed by atoms with Crippen LogP contribution < -0.4 is 0 Å². The molecule has 1 unspecified atom stereocenters. The molecule has 21 heavy (non-hydrogen) atoms. The lowest BCUT2D eigenvalue weighted by atomic mass is 10.2. The van der Waals surface area contributed by atoms with Gasteiger partial charge in [-0.25, -0.2) is 9.67 Å². The first kappa shape index (κ1) is 14.6. The van der Waals surface area contributed by atoms with E-state index in [2.05, 4.69) is 41.0 Å². The van der Waals surface area contributed by atoms with Gasteiger partial charge in [-0.3, -0.25) is 0 Å². The number of alkyl halides is 1. The number of nitrogens with zero attached hydrogens (tertiary/aromatic N) is 4. The van der Waals surface area contributed by atoms with E-state index in [0.29, 0.717) is 5.88 Å². The lowest BCUT2D eigenvalue weighted by Gasteiger charge is -2.16. The highest BCUT2D eigenvalue weighted by Gasteiger charge is 2.22. The third-order valence-corrected chi connectivity index (χ3v) is 5.01. The van der Waals surface area contributed by atoms with Gasteiger partial charge in [-0.1, -0.05) is 6.07 Å². The van der Waals surface area contributed by atoms with Crippen molar-refractivity contribution in [2.24, 2.45) is 0 Å². The van der Waals surface area contributed by atoms with Crippen molar-refractivity contribution in [3.05, 3.63) is 33.9 Å². The summed E-state index contributed by atoms with van der Waals surface area (Å²) in [5.41, 5.74) is 3.09. The van der Waals surface area contributed by atoms with Crippen LogP contribution in [0.4, 0.5) is 0 Å². The van der Waals surface area contributed by atoms with Crippen molar-refractivity contribution in [3.63, 3.8) is 0 Å². The standard InChI is InChI=1S/C15H19ClN4S/c1-4-19-15-14(10(2)18-19)17-13(7-8-16)20(15)11(3)12-6-5-9-21-12/h5-6,9,11H,4,7-8H2,1-3H3. The van der Waals surface area contributed by atoms with Gasteiger partial charge in [-0.2, -0.15) is 5.10 Å². The molecule has 0 fully saturated rings. The average Bonchev–Trinajstić information content (AvgIpc) is 3.16. The molecule has 0 saturated carbocycles. The maximum Gasteiger partial charge on any atom is 0.159 e. The Balaban J connectivity index is 2.24. The Morgan fingerprint density at radius 1 is 1.43 bits per heavy atom. The Morgan fingerprint density at radius 3 is 2.86 bits per heavy atom. The number of thiophene rings is 1. The third-order valence-electron chi connectivity index (χ3n) is 3.78. The molecule has 0 radical (unpaired) electrons. The van der Waals surface area contributed by atoms with E-state index in [-0.39, 0.29) is 6.04 Å². The van der Waals surface area contributed by atoms with Crippen molar-refractivity contribution in [1.82, 2.24) is 19.3 Å². The van der Waals surface area contributed by atoms with Gasteiger partial charge in [-0.15, -0.1) is 22.9 Å². The van der Waals surface area contributed by atoms with E-state index in [9.17, 15) is 0 Å². The summed E-state index contributed by atoms with van der Waals surface area (Å²) in [6.07, 6.45) is 0.773. The van der Waals surface area contributed by atoms with Crippen molar-refractivity contribution in [1.29, 1.82) is 0 Å². The summed E-state index contributed by atoms with van der Waals surface area (Å²) in [5, 5.41) is 6.71.